The van der Waals surface area contributed by atoms with Crippen molar-refractivity contribution in [1.29, 1.82) is 0 Å². The lowest BCUT2D eigenvalue weighted by molar-refractivity contribution is -0.138. The number of aromatic nitrogens is 2. The number of aliphatic carboxylic acids is 1. The highest BCUT2D eigenvalue weighted by molar-refractivity contribution is 7.15. The maximum Gasteiger partial charge on any atom is 0.325 e. The summed E-state index contributed by atoms with van der Waals surface area (Å²) in [6.07, 6.45) is 0.798. The number of nitrogens with one attached hydrogen (secondary N) is 2. The molecule has 0 bridgehead atoms. The number of nitrogens with zero attached hydrogens (tertiary/aromatic N) is 2. The van der Waals surface area contributed by atoms with Gasteiger partial charge in [-0.05, 0) is 12.8 Å². The van der Waals surface area contributed by atoms with E-state index in [9.17, 15) is 9.59 Å². The van der Waals surface area contributed by atoms with E-state index < -0.39 is 18.0 Å². The zero-order chi connectivity index (χ0) is 13.7. The van der Waals surface area contributed by atoms with E-state index in [1.54, 1.807) is 0 Å². The van der Waals surface area contributed by atoms with Crippen LogP contribution in [0.25, 0.3) is 0 Å². The molecule has 1 aromatic rings. The SMILES string of the molecule is CC(C)Cc1nnc(NC(=O)N[C@@H](C)C(=O)O)s1. The fraction of sp³-hybridized carbons (Fsp3) is 0.600. The van der Waals surface area contributed by atoms with Crippen LogP contribution in [-0.4, -0.2) is 33.3 Å². The number of anilines is 1. The van der Waals surface area contributed by atoms with Crippen LogP contribution < -0.4 is 10.6 Å². The van der Waals surface area contributed by atoms with Crippen molar-refractivity contribution in [2.75, 3.05) is 5.32 Å². The summed E-state index contributed by atoms with van der Waals surface area (Å²) in [6, 6.07) is -1.55. The zero-order valence-corrected chi connectivity index (χ0v) is 11.2. The average Bonchev–Trinajstić information content (AvgIpc) is 2.63. The summed E-state index contributed by atoms with van der Waals surface area (Å²) < 4.78 is 0. The highest BCUT2D eigenvalue weighted by Crippen LogP contribution is 2.17. The van der Waals surface area contributed by atoms with E-state index in [1.165, 1.54) is 18.3 Å². The molecule has 1 heterocycles. The molecule has 8 heteroatoms. The molecule has 1 aromatic heterocycles. The molecule has 0 aromatic carbocycles. The van der Waals surface area contributed by atoms with E-state index in [-0.39, 0.29) is 0 Å². The Bertz CT molecular complexity index is 433. The van der Waals surface area contributed by atoms with Gasteiger partial charge in [-0.1, -0.05) is 25.2 Å². The largest absolute Gasteiger partial charge is 0.480 e. The van der Waals surface area contributed by atoms with Gasteiger partial charge >= 0.3 is 12.0 Å². The van der Waals surface area contributed by atoms with Gasteiger partial charge in [0.25, 0.3) is 0 Å². The number of carboxylic acids is 1. The van der Waals surface area contributed by atoms with E-state index in [0.717, 1.165) is 11.4 Å². The van der Waals surface area contributed by atoms with Crippen LogP contribution in [0, 0.1) is 5.92 Å². The van der Waals surface area contributed by atoms with Gasteiger partial charge < -0.3 is 10.4 Å². The number of urea groups is 1. The number of amides is 2. The molecule has 0 saturated carbocycles. The summed E-state index contributed by atoms with van der Waals surface area (Å²) in [7, 11) is 0. The normalized spacial score (nSPS) is 12.2. The van der Waals surface area contributed by atoms with E-state index in [0.29, 0.717) is 11.0 Å². The molecule has 0 unspecified atom stereocenters. The van der Waals surface area contributed by atoms with Gasteiger partial charge in [0.05, 0.1) is 0 Å². The summed E-state index contributed by atoms with van der Waals surface area (Å²) in [4.78, 5) is 22.0. The Morgan fingerprint density at radius 1 is 1.33 bits per heavy atom. The summed E-state index contributed by atoms with van der Waals surface area (Å²) in [6.45, 7) is 5.51. The minimum absolute atomic E-state index is 0.362. The van der Waals surface area contributed by atoms with Gasteiger partial charge in [-0.25, -0.2) is 4.79 Å². The van der Waals surface area contributed by atoms with Crippen molar-refractivity contribution in [3.63, 3.8) is 0 Å². The smallest absolute Gasteiger partial charge is 0.325 e. The first-order valence-electron chi connectivity index (χ1n) is 5.51. The minimum atomic E-state index is -1.09. The molecule has 18 heavy (non-hydrogen) atoms. The van der Waals surface area contributed by atoms with Gasteiger partial charge in [-0.2, -0.15) is 0 Å². The lowest BCUT2D eigenvalue weighted by atomic mass is 10.1. The van der Waals surface area contributed by atoms with Crippen molar-refractivity contribution in [3.8, 4) is 0 Å². The highest BCUT2D eigenvalue weighted by Gasteiger charge is 2.15. The maximum atomic E-state index is 11.4. The fourth-order valence-corrected chi connectivity index (χ4v) is 2.07. The van der Waals surface area contributed by atoms with Gasteiger partial charge in [-0.15, -0.1) is 10.2 Å². The van der Waals surface area contributed by atoms with Crippen LogP contribution in [0.5, 0.6) is 0 Å². The topological polar surface area (TPSA) is 104 Å². The van der Waals surface area contributed by atoms with Crippen LogP contribution >= 0.6 is 11.3 Å². The Morgan fingerprint density at radius 2 is 2.00 bits per heavy atom. The third-order valence-corrected chi connectivity index (χ3v) is 2.85. The second kappa shape index (κ2) is 6.29. The monoisotopic (exact) mass is 272 g/mol. The Morgan fingerprint density at radius 3 is 2.56 bits per heavy atom. The number of rotatable bonds is 5. The van der Waals surface area contributed by atoms with Gasteiger partial charge in [0, 0.05) is 6.42 Å². The molecule has 3 N–H and O–H groups in total. The van der Waals surface area contributed by atoms with E-state index >= 15 is 0 Å². The Balaban J connectivity index is 2.49. The molecule has 0 aliphatic rings. The van der Waals surface area contributed by atoms with Crippen LogP contribution in [0.1, 0.15) is 25.8 Å². The lowest BCUT2D eigenvalue weighted by Crippen LogP contribution is -2.40. The third kappa shape index (κ3) is 4.66. The summed E-state index contributed by atoms with van der Waals surface area (Å²) in [5, 5.41) is 22.3. The predicted octanol–water partition coefficient (Wildman–Crippen LogP) is 1.33. The summed E-state index contributed by atoms with van der Waals surface area (Å²) >= 11 is 1.28. The van der Waals surface area contributed by atoms with Gasteiger partial charge in [0.2, 0.25) is 5.13 Å². The number of hydrogen-bond donors (Lipinski definition) is 3. The highest BCUT2D eigenvalue weighted by atomic mass is 32.1. The maximum absolute atomic E-state index is 11.4. The molecular weight excluding hydrogens is 256 g/mol. The van der Waals surface area contributed by atoms with Crippen molar-refractivity contribution in [3.05, 3.63) is 5.01 Å². The Labute approximate surface area is 109 Å². The average molecular weight is 272 g/mol. The Kier molecular flexibility index (Phi) is 5.02. The number of carboxylic acid groups (broad SMARTS) is 1. The molecule has 0 fully saturated rings. The van der Waals surface area contributed by atoms with Crippen LogP contribution in [0.2, 0.25) is 0 Å². The van der Waals surface area contributed by atoms with Gasteiger partial charge in [0.15, 0.2) is 0 Å². The van der Waals surface area contributed by atoms with Crippen molar-refractivity contribution in [2.45, 2.75) is 33.2 Å². The van der Waals surface area contributed by atoms with E-state index in [2.05, 4.69) is 34.7 Å². The number of carbonyl (C=O) groups excluding carboxylic acids is 1. The number of hydrogen-bond acceptors (Lipinski definition) is 5. The van der Waals surface area contributed by atoms with Crippen molar-refractivity contribution < 1.29 is 14.7 Å². The molecule has 0 spiro atoms. The second-order valence-corrected chi connectivity index (χ2v) is 5.32. The molecule has 7 nitrogen and oxygen atoms in total. The molecule has 2 amide bonds. The van der Waals surface area contributed by atoms with Crippen molar-refractivity contribution in [1.82, 2.24) is 15.5 Å². The summed E-state index contributed by atoms with van der Waals surface area (Å²) in [5.74, 6) is -0.630. The number of carbonyl (C=O) groups is 2. The van der Waals surface area contributed by atoms with E-state index in [4.69, 9.17) is 5.11 Å². The molecular formula is C10H16N4O3S. The molecule has 0 aliphatic carbocycles. The zero-order valence-electron chi connectivity index (χ0n) is 10.4. The second-order valence-electron chi connectivity index (χ2n) is 4.26. The molecule has 0 radical (unpaired) electrons. The fourth-order valence-electron chi connectivity index (χ4n) is 1.13. The molecule has 1 atom stereocenters. The first-order chi connectivity index (χ1) is 8.38. The van der Waals surface area contributed by atoms with Crippen molar-refractivity contribution >= 4 is 28.5 Å². The quantitative estimate of drug-likeness (QED) is 0.750. The van der Waals surface area contributed by atoms with Crippen LogP contribution in [0.3, 0.4) is 0 Å². The predicted molar refractivity (Wildman–Crippen MR) is 67.7 cm³/mol. The first-order valence-corrected chi connectivity index (χ1v) is 6.33. The minimum Gasteiger partial charge on any atom is -0.480 e. The third-order valence-electron chi connectivity index (χ3n) is 1.99. The first kappa shape index (κ1) is 14.4. The Hall–Kier alpha value is -1.70. The molecule has 0 aliphatic heterocycles. The van der Waals surface area contributed by atoms with Crippen LogP contribution in [0.4, 0.5) is 9.93 Å². The molecule has 1 rings (SSSR count). The van der Waals surface area contributed by atoms with Crippen molar-refractivity contribution in [2.24, 2.45) is 5.92 Å². The standard InChI is InChI=1S/C10H16N4O3S/c1-5(2)4-7-13-14-10(18-7)12-9(17)11-6(3)8(15)16/h5-6H,4H2,1-3H3,(H,15,16)(H2,11,12,14,17)/t6-/m0/s1. The van der Waals surface area contributed by atoms with Gasteiger partial charge in [-0.3, -0.25) is 10.1 Å². The molecule has 0 saturated heterocycles. The lowest BCUT2D eigenvalue weighted by Gasteiger charge is -2.08. The van der Waals surface area contributed by atoms with Crippen LogP contribution in [-0.2, 0) is 11.2 Å². The molecule has 100 valence electrons. The van der Waals surface area contributed by atoms with Crippen LogP contribution in [0.15, 0.2) is 0 Å². The summed E-state index contributed by atoms with van der Waals surface area (Å²) in [5.41, 5.74) is 0. The van der Waals surface area contributed by atoms with Gasteiger partial charge in [0.1, 0.15) is 11.0 Å². The van der Waals surface area contributed by atoms with E-state index in [1.807, 2.05) is 0 Å².